The lowest BCUT2D eigenvalue weighted by Gasteiger charge is -1.91. The van der Waals surface area contributed by atoms with E-state index in [1.807, 2.05) is 97.2 Å². The van der Waals surface area contributed by atoms with E-state index in [0.717, 1.165) is 12.8 Å². The van der Waals surface area contributed by atoms with Crippen molar-refractivity contribution in [2.24, 2.45) is 0 Å². The zero-order valence-corrected chi connectivity index (χ0v) is 16.7. The van der Waals surface area contributed by atoms with E-state index in [4.69, 9.17) is 0 Å². The van der Waals surface area contributed by atoms with Crippen molar-refractivity contribution in [2.75, 3.05) is 0 Å². The smallest absolute Gasteiger partial charge is 0.0347 e. The first-order chi connectivity index (χ1) is 14.0. The van der Waals surface area contributed by atoms with Crippen LogP contribution < -0.4 is 0 Å². The zero-order chi connectivity index (χ0) is 19.8. The van der Waals surface area contributed by atoms with E-state index < -0.39 is 0 Å². The van der Waals surface area contributed by atoms with E-state index in [1.165, 1.54) is 12.8 Å². The predicted molar refractivity (Wildman–Crippen MR) is 128 cm³/mol. The van der Waals surface area contributed by atoms with Crippen LogP contribution in [0, 0.1) is 0 Å². The van der Waals surface area contributed by atoms with Crippen molar-refractivity contribution >= 4 is 0 Å². The highest BCUT2D eigenvalue weighted by molar-refractivity contribution is 5.23. The second kappa shape index (κ2) is 20.2. The van der Waals surface area contributed by atoms with Crippen LogP contribution in [-0.4, -0.2) is 0 Å². The van der Waals surface area contributed by atoms with Gasteiger partial charge in [0.15, 0.2) is 0 Å². The topological polar surface area (TPSA) is 0 Å². The van der Waals surface area contributed by atoms with E-state index in [1.54, 1.807) is 0 Å². The van der Waals surface area contributed by atoms with Gasteiger partial charge in [-0.2, -0.15) is 0 Å². The maximum atomic E-state index is 2.23. The van der Waals surface area contributed by atoms with Crippen molar-refractivity contribution in [3.8, 4) is 0 Å². The molecule has 1 aliphatic rings. The fraction of sp³-hybridized carbons (Fsp3) is 0.143. The largest absolute Gasteiger partial charge is 0.0845 e. The summed E-state index contributed by atoms with van der Waals surface area (Å²) in [4.78, 5) is 0. The Morgan fingerprint density at radius 3 is 0.607 bits per heavy atom. The first-order valence-corrected chi connectivity index (χ1v) is 9.98. The molecule has 0 fully saturated rings. The average Bonchev–Trinajstić information content (AvgIpc) is 2.71. The Kier molecular flexibility index (Phi) is 16.5. The molecule has 28 heavy (non-hydrogen) atoms. The van der Waals surface area contributed by atoms with Gasteiger partial charge < -0.3 is 0 Å². The number of rotatable bonds is 0. The highest BCUT2D eigenvalue weighted by atomic mass is 13.9. The molecule has 0 nitrogen and oxygen atoms in total. The molecule has 0 saturated heterocycles. The first-order valence-electron chi connectivity index (χ1n) is 9.98. The number of hydrogen-bond donors (Lipinski definition) is 0. The van der Waals surface area contributed by atoms with Crippen LogP contribution in [-0.2, 0) is 0 Å². The lowest BCUT2D eigenvalue weighted by molar-refractivity contribution is 0.762. The monoisotopic (exact) mass is 368 g/mol. The van der Waals surface area contributed by atoms with Gasteiger partial charge >= 0.3 is 0 Å². The Hall–Kier alpha value is -3.12. The third-order valence-electron chi connectivity index (χ3n) is 3.60. The van der Waals surface area contributed by atoms with Crippen molar-refractivity contribution in [3.63, 3.8) is 0 Å². The molecule has 1 aliphatic carbocycles. The van der Waals surface area contributed by atoms with Gasteiger partial charge in [0, 0.05) is 0 Å². The second-order valence-electron chi connectivity index (χ2n) is 5.99. The van der Waals surface area contributed by atoms with Crippen molar-refractivity contribution in [3.05, 3.63) is 146 Å². The minimum absolute atomic E-state index is 1.13. The van der Waals surface area contributed by atoms with Crippen LogP contribution in [0.4, 0.5) is 0 Å². The van der Waals surface area contributed by atoms with Crippen LogP contribution in [0.1, 0.15) is 25.7 Å². The Morgan fingerprint density at radius 1 is 0.214 bits per heavy atom. The molecule has 0 heterocycles. The maximum Gasteiger partial charge on any atom is -0.0347 e. The Labute approximate surface area is 171 Å². The van der Waals surface area contributed by atoms with Crippen molar-refractivity contribution in [1.29, 1.82) is 0 Å². The normalized spacial score (nSPS) is 29.7. The van der Waals surface area contributed by atoms with Crippen LogP contribution in [0.5, 0.6) is 0 Å². The van der Waals surface area contributed by atoms with Crippen molar-refractivity contribution in [1.82, 2.24) is 0 Å². The lowest BCUT2D eigenvalue weighted by Crippen LogP contribution is -1.71. The van der Waals surface area contributed by atoms with E-state index in [0.29, 0.717) is 0 Å². The van der Waals surface area contributed by atoms with Gasteiger partial charge in [-0.05, 0) is 25.7 Å². The molecule has 0 radical (unpaired) electrons. The molecule has 0 aromatic carbocycles. The molecule has 0 aliphatic heterocycles. The van der Waals surface area contributed by atoms with Gasteiger partial charge in [0.1, 0.15) is 0 Å². The lowest BCUT2D eigenvalue weighted by atomic mass is 10.2. The molecule has 0 atom stereocenters. The highest BCUT2D eigenvalue weighted by Crippen LogP contribution is 2.02. The first kappa shape index (κ1) is 22.9. The van der Waals surface area contributed by atoms with E-state index in [-0.39, 0.29) is 0 Å². The predicted octanol–water partition coefficient (Wildman–Crippen LogP) is 8.23. The Balaban J connectivity index is 2.55. The summed E-state index contributed by atoms with van der Waals surface area (Å²) in [6.07, 6.45) is 54.0. The summed E-state index contributed by atoms with van der Waals surface area (Å²) in [6.45, 7) is 0. The number of allylic oxidation sites excluding steroid dienone is 24. The zero-order valence-electron chi connectivity index (χ0n) is 16.7. The van der Waals surface area contributed by atoms with Gasteiger partial charge in [-0.1, -0.05) is 146 Å². The van der Waals surface area contributed by atoms with Crippen LogP contribution in [0.3, 0.4) is 0 Å². The second-order valence-corrected chi connectivity index (χ2v) is 5.99. The molecular formula is C28H32. The average molecular weight is 369 g/mol. The molecule has 0 N–H and O–H groups in total. The van der Waals surface area contributed by atoms with Crippen LogP contribution in [0.2, 0.25) is 0 Å². The molecule has 1 rings (SSSR count). The summed E-state index contributed by atoms with van der Waals surface area (Å²) >= 11 is 0. The minimum atomic E-state index is 1.13. The summed E-state index contributed by atoms with van der Waals surface area (Å²) in [5, 5.41) is 0. The molecule has 0 aromatic rings. The highest BCUT2D eigenvalue weighted by Gasteiger charge is 1.82. The third-order valence-corrected chi connectivity index (χ3v) is 3.60. The van der Waals surface area contributed by atoms with E-state index in [9.17, 15) is 0 Å². The SMILES string of the molecule is C1=CCCCC\C=C/C=C/C=C/C=C/C=C\C=C\C=C\C=C\C=C/C=C\C=C/1. The van der Waals surface area contributed by atoms with Gasteiger partial charge in [-0.3, -0.25) is 0 Å². The number of hydrogen-bond acceptors (Lipinski definition) is 0. The Morgan fingerprint density at radius 2 is 0.393 bits per heavy atom. The summed E-state index contributed by atoms with van der Waals surface area (Å²) in [7, 11) is 0. The molecule has 0 unspecified atom stereocenters. The standard InChI is InChI=1S/C28H32/c1-2-4-6-8-10-12-14-16-18-20-22-24-26-28-27-25-23-21-19-17-15-13-11-9-7-5-3-1/h1-24H,25-28H2/b3-1+,4-2+,7-5-,8-6+,11-9+,12-10-,15-13+,16-14-,19-17+,20-18-,23-21-,24-22?. The molecule has 0 bridgehead atoms. The molecule has 0 aromatic heterocycles. The summed E-state index contributed by atoms with van der Waals surface area (Å²) in [6, 6.07) is 0. The molecule has 0 amide bonds. The van der Waals surface area contributed by atoms with Gasteiger partial charge in [0.05, 0.1) is 0 Å². The summed E-state index contributed by atoms with van der Waals surface area (Å²) in [5.41, 5.74) is 0. The van der Waals surface area contributed by atoms with Gasteiger partial charge in [0.2, 0.25) is 0 Å². The fourth-order valence-corrected chi connectivity index (χ4v) is 2.16. The van der Waals surface area contributed by atoms with E-state index in [2.05, 4.69) is 48.6 Å². The minimum Gasteiger partial charge on any atom is -0.0845 e. The van der Waals surface area contributed by atoms with Crippen molar-refractivity contribution in [2.45, 2.75) is 25.7 Å². The van der Waals surface area contributed by atoms with Crippen LogP contribution in [0.25, 0.3) is 0 Å². The maximum absolute atomic E-state index is 2.23. The molecule has 0 saturated carbocycles. The molecule has 0 spiro atoms. The third kappa shape index (κ3) is 17.7. The van der Waals surface area contributed by atoms with Gasteiger partial charge in [0.25, 0.3) is 0 Å². The Bertz CT molecular complexity index is 656. The summed E-state index contributed by atoms with van der Waals surface area (Å²) in [5.74, 6) is 0. The van der Waals surface area contributed by atoms with Gasteiger partial charge in [-0.15, -0.1) is 0 Å². The van der Waals surface area contributed by atoms with Gasteiger partial charge in [-0.25, -0.2) is 0 Å². The summed E-state index contributed by atoms with van der Waals surface area (Å²) < 4.78 is 0. The molecule has 144 valence electrons. The molecular weight excluding hydrogens is 336 g/mol. The van der Waals surface area contributed by atoms with Crippen LogP contribution in [0.15, 0.2) is 146 Å². The molecule has 0 heteroatoms. The van der Waals surface area contributed by atoms with E-state index >= 15 is 0 Å². The quantitative estimate of drug-likeness (QED) is 0.404. The van der Waals surface area contributed by atoms with Crippen molar-refractivity contribution < 1.29 is 0 Å². The fourth-order valence-electron chi connectivity index (χ4n) is 2.16. The van der Waals surface area contributed by atoms with Crippen LogP contribution >= 0.6 is 0 Å².